The summed E-state index contributed by atoms with van der Waals surface area (Å²) >= 11 is 0. The highest BCUT2D eigenvalue weighted by molar-refractivity contribution is 6.15. The summed E-state index contributed by atoms with van der Waals surface area (Å²) in [6.45, 7) is 2.84. The normalized spacial score (nSPS) is 17.4. The number of anilines is 1. The molecule has 12 heteroatoms. The van der Waals surface area contributed by atoms with E-state index < -0.39 is 6.36 Å². The minimum Gasteiger partial charge on any atom is -0.406 e. The third-order valence-corrected chi connectivity index (χ3v) is 6.76. The van der Waals surface area contributed by atoms with Crippen molar-refractivity contribution in [2.45, 2.75) is 32.2 Å². The summed E-state index contributed by atoms with van der Waals surface area (Å²) in [4.78, 5) is 38.7. The number of pyridine rings is 1. The zero-order valence-electron chi connectivity index (χ0n) is 21.4. The predicted molar refractivity (Wildman–Crippen MR) is 141 cm³/mol. The first-order valence-electron chi connectivity index (χ1n) is 12.9. The first kappa shape index (κ1) is 27.3. The number of rotatable bonds is 8. The number of benzene rings is 1. The average Bonchev–Trinajstić information content (AvgIpc) is 3.24. The number of carbonyl (C=O) groups is 2. The molecule has 2 saturated heterocycles. The molecule has 0 unspecified atom stereocenters. The molecule has 4 heterocycles. The van der Waals surface area contributed by atoms with E-state index in [1.165, 1.54) is 18.2 Å². The summed E-state index contributed by atoms with van der Waals surface area (Å²) in [5.74, 6) is 0.0267. The largest absolute Gasteiger partial charge is 0.573 e. The van der Waals surface area contributed by atoms with Gasteiger partial charge in [0.1, 0.15) is 5.75 Å². The topological polar surface area (TPSA) is 109 Å². The van der Waals surface area contributed by atoms with Crippen LogP contribution in [0.5, 0.6) is 5.75 Å². The highest BCUT2D eigenvalue weighted by Gasteiger charge is 2.31. The zero-order valence-corrected chi connectivity index (χ0v) is 21.4. The van der Waals surface area contributed by atoms with Crippen molar-refractivity contribution in [2.75, 3.05) is 24.5 Å². The van der Waals surface area contributed by atoms with Crippen molar-refractivity contribution >= 4 is 23.8 Å². The van der Waals surface area contributed by atoms with Gasteiger partial charge in [-0.2, -0.15) is 0 Å². The van der Waals surface area contributed by atoms with Crippen LogP contribution in [0.1, 0.15) is 30.5 Å². The monoisotopic (exact) mass is 552 g/mol. The number of halogens is 3. The van der Waals surface area contributed by atoms with Crippen molar-refractivity contribution in [3.63, 3.8) is 0 Å². The van der Waals surface area contributed by atoms with E-state index in [2.05, 4.69) is 35.2 Å². The van der Waals surface area contributed by atoms with Gasteiger partial charge in [0.05, 0.1) is 17.8 Å². The lowest BCUT2D eigenvalue weighted by Gasteiger charge is -2.32. The summed E-state index contributed by atoms with van der Waals surface area (Å²) in [6, 6.07) is 11.2. The Labute approximate surface area is 228 Å². The Morgan fingerprint density at radius 1 is 1.07 bits per heavy atom. The van der Waals surface area contributed by atoms with E-state index in [-0.39, 0.29) is 24.0 Å². The number of hydrogen-bond donors (Lipinski definition) is 2. The highest BCUT2D eigenvalue weighted by atomic mass is 19.4. The van der Waals surface area contributed by atoms with E-state index in [4.69, 9.17) is 0 Å². The van der Waals surface area contributed by atoms with Crippen LogP contribution in [0.2, 0.25) is 0 Å². The molecular weight excluding hydrogens is 525 g/mol. The Hall–Kier alpha value is -4.32. The number of alkyl halides is 3. The number of ether oxygens (including phenoxy) is 1. The molecule has 3 aromatic rings. The van der Waals surface area contributed by atoms with Crippen LogP contribution in [0.25, 0.3) is 17.3 Å². The fourth-order valence-corrected chi connectivity index (χ4v) is 4.82. The van der Waals surface area contributed by atoms with Crippen molar-refractivity contribution in [3.8, 4) is 17.0 Å². The molecule has 2 amide bonds. The van der Waals surface area contributed by atoms with E-state index in [0.717, 1.165) is 38.0 Å². The highest BCUT2D eigenvalue weighted by Crippen LogP contribution is 2.29. The number of imide groups is 1. The summed E-state index contributed by atoms with van der Waals surface area (Å²) in [5, 5.41) is 5.74. The van der Waals surface area contributed by atoms with Gasteiger partial charge < -0.3 is 15.0 Å². The van der Waals surface area contributed by atoms with Gasteiger partial charge in [0.15, 0.2) is 0 Å². The third kappa shape index (κ3) is 7.00. The molecule has 9 nitrogen and oxygen atoms in total. The van der Waals surface area contributed by atoms with E-state index in [0.29, 0.717) is 40.9 Å². The van der Waals surface area contributed by atoms with Gasteiger partial charge in [0, 0.05) is 43.2 Å². The molecule has 0 spiro atoms. The second kappa shape index (κ2) is 11.8. The lowest BCUT2D eigenvalue weighted by Crippen LogP contribution is -2.38. The Balaban J connectivity index is 1.14. The lowest BCUT2D eigenvalue weighted by atomic mass is 9.96. The molecular formula is C28H27F3N6O3. The van der Waals surface area contributed by atoms with Crippen LogP contribution in [-0.2, 0) is 16.1 Å². The van der Waals surface area contributed by atoms with Crippen molar-refractivity contribution in [3.05, 3.63) is 71.7 Å². The van der Waals surface area contributed by atoms with Gasteiger partial charge in [-0.1, -0.05) is 18.2 Å². The molecule has 2 aliphatic heterocycles. The summed E-state index contributed by atoms with van der Waals surface area (Å²) in [5.41, 5.74) is 2.99. The number of piperidine rings is 1. The van der Waals surface area contributed by atoms with Gasteiger partial charge in [-0.25, -0.2) is 9.97 Å². The van der Waals surface area contributed by atoms with E-state index in [9.17, 15) is 22.8 Å². The molecule has 0 radical (unpaired) electrons. The number of aromatic nitrogens is 3. The molecule has 0 saturated carbocycles. The van der Waals surface area contributed by atoms with E-state index >= 15 is 0 Å². The van der Waals surface area contributed by atoms with Gasteiger partial charge in [-0.3, -0.25) is 19.9 Å². The minimum absolute atomic E-state index is 0.0515. The Kier molecular flexibility index (Phi) is 8.06. The van der Waals surface area contributed by atoms with Gasteiger partial charge in [0.2, 0.25) is 11.9 Å². The van der Waals surface area contributed by atoms with Gasteiger partial charge in [-0.05, 0) is 61.2 Å². The van der Waals surface area contributed by atoms with Crippen LogP contribution in [0.3, 0.4) is 0 Å². The van der Waals surface area contributed by atoms with Crippen LogP contribution >= 0.6 is 0 Å². The van der Waals surface area contributed by atoms with Gasteiger partial charge >= 0.3 is 6.36 Å². The Morgan fingerprint density at radius 2 is 1.90 bits per heavy atom. The maximum atomic E-state index is 12.7. The van der Waals surface area contributed by atoms with Crippen molar-refractivity contribution < 1.29 is 27.5 Å². The number of hydrogen-bond acceptors (Lipinski definition) is 8. The maximum Gasteiger partial charge on any atom is 0.573 e. The standard InChI is InChI=1S/C28H27F3N6O3/c29-28(30,31)40-23-5-1-3-19(14-23)25-20(4-2-9-33-25)17-32-16-18-7-11-37(12-8-18)27-34-10-6-22(35-27)13-21-15-24(38)36-26(21)39/h1-6,9-10,13-14,18,32H,7-8,11-12,15-17H2,(H,36,38,39)/b21-13+. The Morgan fingerprint density at radius 3 is 2.65 bits per heavy atom. The molecule has 0 aliphatic carbocycles. The average molecular weight is 553 g/mol. The van der Waals surface area contributed by atoms with Crippen molar-refractivity contribution in [2.24, 2.45) is 5.92 Å². The maximum absolute atomic E-state index is 12.7. The fourth-order valence-electron chi connectivity index (χ4n) is 4.82. The molecule has 208 valence electrons. The molecule has 2 aliphatic rings. The van der Waals surface area contributed by atoms with E-state index in [1.807, 2.05) is 6.07 Å². The van der Waals surface area contributed by atoms with Crippen molar-refractivity contribution in [1.29, 1.82) is 0 Å². The number of carbonyl (C=O) groups excluding carboxylic acids is 2. The molecule has 2 fully saturated rings. The SMILES string of the molecule is O=C1C/C(=C\c2ccnc(N3CCC(CNCc4cccnc4-c4cccc(OC(F)(F)F)c4)CC3)n2)C(=O)N1. The molecule has 0 bridgehead atoms. The van der Waals surface area contributed by atoms with Crippen LogP contribution in [0, 0.1) is 5.92 Å². The minimum atomic E-state index is -4.76. The smallest absolute Gasteiger partial charge is 0.406 e. The lowest BCUT2D eigenvalue weighted by molar-refractivity contribution is -0.274. The predicted octanol–water partition coefficient (Wildman–Crippen LogP) is 3.87. The van der Waals surface area contributed by atoms with Crippen molar-refractivity contribution in [1.82, 2.24) is 25.6 Å². The third-order valence-electron chi connectivity index (χ3n) is 6.76. The molecule has 2 aromatic heterocycles. The van der Waals surface area contributed by atoms with Gasteiger partial charge in [-0.15, -0.1) is 13.2 Å². The first-order valence-corrected chi connectivity index (χ1v) is 12.9. The van der Waals surface area contributed by atoms with Crippen LogP contribution < -0.4 is 20.3 Å². The summed E-state index contributed by atoms with van der Waals surface area (Å²) < 4.78 is 42.0. The molecule has 5 rings (SSSR count). The molecule has 0 atom stereocenters. The van der Waals surface area contributed by atoms with Crippen LogP contribution in [0.15, 0.2) is 60.4 Å². The quantitative estimate of drug-likeness (QED) is 0.320. The van der Waals surface area contributed by atoms with Gasteiger partial charge in [0.25, 0.3) is 5.91 Å². The van der Waals surface area contributed by atoms with Crippen LogP contribution in [0.4, 0.5) is 19.1 Å². The summed E-state index contributed by atoms with van der Waals surface area (Å²) in [6.07, 6.45) is 2.02. The van der Waals surface area contributed by atoms with Crippen LogP contribution in [-0.4, -0.2) is 52.8 Å². The second-order valence-corrected chi connectivity index (χ2v) is 9.65. The first-order chi connectivity index (χ1) is 19.2. The molecule has 1 aromatic carbocycles. The number of amides is 2. The molecule has 40 heavy (non-hydrogen) atoms. The zero-order chi connectivity index (χ0) is 28.1. The second-order valence-electron chi connectivity index (χ2n) is 9.65. The Bertz CT molecular complexity index is 1420. The fraction of sp³-hybridized carbons (Fsp3) is 0.321. The van der Waals surface area contributed by atoms with E-state index in [1.54, 1.807) is 36.7 Å². The number of nitrogens with zero attached hydrogens (tertiary/aromatic N) is 4. The molecule has 2 N–H and O–H groups in total. The number of nitrogens with one attached hydrogen (secondary N) is 2. The summed E-state index contributed by atoms with van der Waals surface area (Å²) in [7, 11) is 0.